The third kappa shape index (κ3) is 4.94. The number of nitrogens with zero attached hydrogens (tertiary/aromatic N) is 1. The predicted octanol–water partition coefficient (Wildman–Crippen LogP) is 1.46. The van der Waals surface area contributed by atoms with Crippen molar-refractivity contribution in [3.05, 3.63) is 35.9 Å². The first-order chi connectivity index (χ1) is 9.78. The van der Waals surface area contributed by atoms with Gasteiger partial charge in [0.05, 0.1) is 13.5 Å². The standard InChI is InChI=1S/C16H24N2O2/c1-20-16(19)7-10-17-15-9-12-18(13-15)11-8-14-5-3-2-4-6-14/h2-6,15,17H,7-13H2,1H3. The zero-order chi connectivity index (χ0) is 14.2. The van der Waals surface area contributed by atoms with Crippen LogP contribution in [0.3, 0.4) is 0 Å². The van der Waals surface area contributed by atoms with Crippen LogP contribution >= 0.6 is 0 Å². The summed E-state index contributed by atoms with van der Waals surface area (Å²) in [7, 11) is 1.43. The second kappa shape index (κ2) is 8.02. The number of benzene rings is 1. The van der Waals surface area contributed by atoms with Gasteiger partial charge in [0.2, 0.25) is 0 Å². The Morgan fingerprint density at radius 1 is 1.40 bits per heavy atom. The van der Waals surface area contributed by atoms with Crippen molar-refractivity contribution in [2.75, 3.05) is 33.3 Å². The number of hydrogen-bond donors (Lipinski definition) is 1. The van der Waals surface area contributed by atoms with Crippen molar-refractivity contribution in [1.29, 1.82) is 0 Å². The Morgan fingerprint density at radius 2 is 2.20 bits per heavy atom. The van der Waals surface area contributed by atoms with E-state index in [1.165, 1.54) is 12.7 Å². The van der Waals surface area contributed by atoms with E-state index in [-0.39, 0.29) is 5.97 Å². The molecule has 1 saturated heterocycles. The molecule has 1 aromatic carbocycles. The zero-order valence-corrected chi connectivity index (χ0v) is 12.2. The number of methoxy groups -OCH3 is 1. The van der Waals surface area contributed by atoms with Crippen LogP contribution in [0.15, 0.2) is 30.3 Å². The average Bonchev–Trinajstić information content (AvgIpc) is 2.94. The molecule has 1 heterocycles. The van der Waals surface area contributed by atoms with Gasteiger partial charge in [-0.3, -0.25) is 4.79 Å². The number of hydrogen-bond acceptors (Lipinski definition) is 4. The molecule has 1 unspecified atom stereocenters. The molecule has 0 aromatic heterocycles. The van der Waals surface area contributed by atoms with E-state index < -0.39 is 0 Å². The number of ether oxygens (including phenoxy) is 1. The normalized spacial score (nSPS) is 19.1. The first-order valence-corrected chi connectivity index (χ1v) is 7.34. The predicted molar refractivity (Wildman–Crippen MR) is 79.6 cm³/mol. The maximum atomic E-state index is 11.0. The molecular weight excluding hydrogens is 252 g/mol. The van der Waals surface area contributed by atoms with Crippen LogP contribution in [0.25, 0.3) is 0 Å². The molecule has 1 fully saturated rings. The first-order valence-electron chi connectivity index (χ1n) is 7.34. The topological polar surface area (TPSA) is 41.6 Å². The third-order valence-corrected chi connectivity index (χ3v) is 3.82. The Hall–Kier alpha value is -1.39. The van der Waals surface area contributed by atoms with Crippen molar-refractivity contribution >= 4 is 5.97 Å². The van der Waals surface area contributed by atoms with Gasteiger partial charge in [0.1, 0.15) is 0 Å². The van der Waals surface area contributed by atoms with Gasteiger partial charge in [-0.05, 0) is 24.9 Å². The lowest BCUT2D eigenvalue weighted by Gasteiger charge is -2.16. The van der Waals surface area contributed by atoms with Gasteiger partial charge in [0.15, 0.2) is 0 Å². The highest BCUT2D eigenvalue weighted by Crippen LogP contribution is 2.10. The van der Waals surface area contributed by atoms with E-state index in [0.29, 0.717) is 19.0 Å². The molecule has 4 heteroatoms. The Morgan fingerprint density at radius 3 is 2.95 bits per heavy atom. The molecule has 110 valence electrons. The molecule has 1 atom stereocenters. The van der Waals surface area contributed by atoms with Crippen molar-refractivity contribution in [1.82, 2.24) is 10.2 Å². The SMILES string of the molecule is COC(=O)CCNC1CCN(CCc2ccccc2)C1. The highest BCUT2D eigenvalue weighted by Gasteiger charge is 2.21. The fraction of sp³-hybridized carbons (Fsp3) is 0.562. The zero-order valence-electron chi connectivity index (χ0n) is 12.2. The van der Waals surface area contributed by atoms with E-state index in [1.54, 1.807) is 0 Å². The summed E-state index contributed by atoms with van der Waals surface area (Å²) >= 11 is 0. The van der Waals surface area contributed by atoms with E-state index >= 15 is 0 Å². The highest BCUT2D eigenvalue weighted by atomic mass is 16.5. The minimum atomic E-state index is -0.142. The van der Waals surface area contributed by atoms with Crippen LogP contribution in [0.4, 0.5) is 0 Å². The fourth-order valence-corrected chi connectivity index (χ4v) is 2.61. The van der Waals surface area contributed by atoms with Crippen molar-refractivity contribution in [3.8, 4) is 0 Å². The lowest BCUT2D eigenvalue weighted by atomic mass is 10.1. The summed E-state index contributed by atoms with van der Waals surface area (Å²) in [6, 6.07) is 11.1. The molecule has 0 spiro atoms. The van der Waals surface area contributed by atoms with Gasteiger partial charge in [-0.25, -0.2) is 0 Å². The minimum Gasteiger partial charge on any atom is -0.469 e. The molecule has 0 aliphatic carbocycles. The summed E-state index contributed by atoms with van der Waals surface area (Å²) < 4.78 is 4.63. The van der Waals surface area contributed by atoms with Crippen molar-refractivity contribution in [3.63, 3.8) is 0 Å². The summed E-state index contributed by atoms with van der Waals surface area (Å²) in [5.74, 6) is -0.142. The molecule has 0 amide bonds. The van der Waals surface area contributed by atoms with Crippen LogP contribution in [-0.4, -0.2) is 50.2 Å². The van der Waals surface area contributed by atoms with Gasteiger partial charge in [-0.1, -0.05) is 30.3 Å². The molecule has 4 nitrogen and oxygen atoms in total. The largest absolute Gasteiger partial charge is 0.469 e. The van der Waals surface area contributed by atoms with Crippen LogP contribution in [0.2, 0.25) is 0 Å². The first kappa shape index (κ1) is 15.0. The number of nitrogens with one attached hydrogen (secondary N) is 1. The molecule has 2 rings (SSSR count). The molecule has 1 aliphatic rings. The Kier molecular flexibility index (Phi) is 6.02. The van der Waals surface area contributed by atoms with Gasteiger partial charge in [-0.15, -0.1) is 0 Å². The Bertz CT molecular complexity index is 408. The lowest BCUT2D eigenvalue weighted by molar-refractivity contribution is -0.140. The average molecular weight is 276 g/mol. The maximum absolute atomic E-state index is 11.0. The summed E-state index contributed by atoms with van der Waals surface area (Å²) in [5.41, 5.74) is 1.40. The van der Waals surface area contributed by atoms with Gasteiger partial charge < -0.3 is 15.0 Å². The van der Waals surface area contributed by atoms with E-state index in [1.807, 2.05) is 0 Å². The summed E-state index contributed by atoms with van der Waals surface area (Å²) in [6.07, 6.45) is 2.72. The molecular formula is C16H24N2O2. The molecule has 1 aliphatic heterocycles. The number of rotatable bonds is 7. The second-order valence-electron chi connectivity index (χ2n) is 5.30. The number of likely N-dealkylation sites (tertiary alicyclic amines) is 1. The van der Waals surface area contributed by atoms with E-state index in [2.05, 4.69) is 45.3 Å². The van der Waals surface area contributed by atoms with Crippen LogP contribution in [-0.2, 0) is 16.0 Å². The van der Waals surface area contributed by atoms with Gasteiger partial charge in [0, 0.05) is 25.7 Å². The van der Waals surface area contributed by atoms with Crippen LogP contribution in [0.1, 0.15) is 18.4 Å². The van der Waals surface area contributed by atoms with Crippen molar-refractivity contribution in [2.24, 2.45) is 0 Å². The Labute approximate surface area is 121 Å². The smallest absolute Gasteiger partial charge is 0.306 e. The number of carbonyl (C=O) groups is 1. The molecule has 0 radical (unpaired) electrons. The summed E-state index contributed by atoms with van der Waals surface area (Å²) in [5, 5.41) is 3.43. The summed E-state index contributed by atoms with van der Waals surface area (Å²) in [6.45, 7) is 4.04. The summed E-state index contributed by atoms with van der Waals surface area (Å²) in [4.78, 5) is 13.5. The Balaban J connectivity index is 1.61. The van der Waals surface area contributed by atoms with Crippen LogP contribution < -0.4 is 5.32 Å². The van der Waals surface area contributed by atoms with E-state index in [0.717, 1.165) is 32.5 Å². The third-order valence-electron chi connectivity index (χ3n) is 3.82. The van der Waals surface area contributed by atoms with Gasteiger partial charge in [0.25, 0.3) is 0 Å². The van der Waals surface area contributed by atoms with E-state index in [4.69, 9.17) is 0 Å². The monoisotopic (exact) mass is 276 g/mol. The minimum absolute atomic E-state index is 0.142. The van der Waals surface area contributed by atoms with Crippen LogP contribution in [0, 0.1) is 0 Å². The quantitative estimate of drug-likeness (QED) is 0.766. The number of esters is 1. The van der Waals surface area contributed by atoms with Gasteiger partial charge >= 0.3 is 5.97 Å². The van der Waals surface area contributed by atoms with E-state index in [9.17, 15) is 4.79 Å². The van der Waals surface area contributed by atoms with Gasteiger partial charge in [-0.2, -0.15) is 0 Å². The van der Waals surface area contributed by atoms with Crippen LogP contribution in [0.5, 0.6) is 0 Å². The number of carbonyl (C=O) groups excluding carboxylic acids is 1. The molecule has 0 bridgehead atoms. The second-order valence-corrected chi connectivity index (χ2v) is 5.30. The van der Waals surface area contributed by atoms with Crippen molar-refractivity contribution in [2.45, 2.75) is 25.3 Å². The highest BCUT2D eigenvalue weighted by molar-refractivity contribution is 5.69. The maximum Gasteiger partial charge on any atom is 0.306 e. The lowest BCUT2D eigenvalue weighted by Crippen LogP contribution is -2.34. The molecule has 1 aromatic rings. The molecule has 1 N–H and O–H groups in total. The fourth-order valence-electron chi connectivity index (χ4n) is 2.61. The molecule has 20 heavy (non-hydrogen) atoms. The van der Waals surface area contributed by atoms with Crippen molar-refractivity contribution < 1.29 is 9.53 Å². The molecule has 0 saturated carbocycles.